The molecule has 1 amide bonds. The minimum absolute atomic E-state index is 0.0858. The van der Waals surface area contributed by atoms with Crippen LogP contribution in [0.25, 0.3) is 0 Å². The van der Waals surface area contributed by atoms with Crippen LogP contribution in [0.1, 0.15) is 30.5 Å². The standard InChI is InChI=1S/C24H25FN2O3S/c1-3-23(19-7-5-4-6-8-19)26-24(28)17-27(21-13-9-18(2)10-14-21)31(29,30)22-15-11-20(25)12-16-22/h4-16,23H,3,17H2,1-2H3,(H,26,28). The topological polar surface area (TPSA) is 66.5 Å². The van der Waals surface area contributed by atoms with Crippen LogP contribution in [0.2, 0.25) is 0 Å². The van der Waals surface area contributed by atoms with Crippen LogP contribution in [-0.4, -0.2) is 20.9 Å². The first-order valence-electron chi connectivity index (χ1n) is 10.0. The Balaban J connectivity index is 1.90. The number of sulfonamides is 1. The monoisotopic (exact) mass is 440 g/mol. The van der Waals surface area contributed by atoms with Gasteiger partial charge in [-0.3, -0.25) is 9.10 Å². The van der Waals surface area contributed by atoms with Gasteiger partial charge < -0.3 is 5.32 Å². The molecule has 0 radical (unpaired) electrons. The number of carbonyl (C=O) groups excluding carboxylic acids is 1. The van der Waals surface area contributed by atoms with Crippen molar-refractivity contribution in [2.75, 3.05) is 10.8 Å². The number of rotatable bonds is 8. The first-order valence-corrected chi connectivity index (χ1v) is 11.4. The highest BCUT2D eigenvalue weighted by Gasteiger charge is 2.28. The molecule has 0 aliphatic carbocycles. The van der Waals surface area contributed by atoms with E-state index in [1.807, 2.05) is 44.2 Å². The maximum Gasteiger partial charge on any atom is 0.264 e. The average Bonchev–Trinajstić information content (AvgIpc) is 2.77. The lowest BCUT2D eigenvalue weighted by atomic mass is 10.0. The second-order valence-electron chi connectivity index (χ2n) is 7.24. The molecule has 0 aliphatic rings. The molecular weight excluding hydrogens is 415 g/mol. The third kappa shape index (κ3) is 5.49. The summed E-state index contributed by atoms with van der Waals surface area (Å²) in [4.78, 5) is 12.8. The molecule has 162 valence electrons. The van der Waals surface area contributed by atoms with E-state index in [1.54, 1.807) is 24.3 Å². The van der Waals surface area contributed by atoms with Crippen molar-refractivity contribution in [2.24, 2.45) is 0 Å². The molecule has 0 aliphatic heterocycles. The Morgan fingerprint density at radius 3 is 2.16 bits per heavy atom. The highest BCUT2D eigenvalue weighted by molar-refractivity contribution is 7.92. The van der Waals surface area contributed by atoms with Gasteiger partial charge in [0.25, 0.3) is 10.0 Å². The number of anilines is 1. The highest BCUT2D eigenvalue weighted by Crippen LogP contribution is 2.25. The largest absolute Gasteiger partial charge is 0.348 e. The second kappa shape index (κ2) is 9.75. The minimum Gasteiger partial charge on any atom is -0.348 e. The molecule has 7 heteroatoms. The fourth-order valence-corrected chi connectivity index (χ4v) is 4.66. The summed E-state index contributed by atoms with van der Waals surface area (Å²) in [5, 5.41) is 2.92. The first kappa shape index (κ1) is 22.5. The maximum absolute atomic E-state index is 13.3. The van der Waals surface area contributed by atoms with Gasteiger partial charge in [0, 0.05) is 0 Å². The fourth-order valence-electron chi connectivity index (χ4n) is 3.24. The van der Waals surface area contributed by atoms with Gasteiger partial charge in [-0.15, -0.1) is 0 Å². The lowest BCUT2D eigenvalue weighted by Crippen LogP contribution is -2.42. The van der Waals surface area contributed by atoms with Crippen LogP contribution < -0.4 is 9.62 Å². The molecule has 3 aromatic rings. The number of benzene rings is 3. The third-order valence-corrected chi connectivity index (χ3v) is 6.74. The summed E-state index contributed by atoms with van der Waals surface area (Å²) in [6, 6.07) is 20.7. The van der Waals surface area contributed by atoms with Gasteiger partial charge in [0.1, 0.15) is 12.4 Å². The molecule has 31 heavy (non-hydrogen) atoms. The minimum atomic E-state index is -4.08. The molecule has 5 nitrogen and oxygen atoms in total. The van der Waals surface area contributed by atoms with Crippen LogP contribution in [0.3, 0.4) is 0 Å². The number of nitrogens with one attached hydrogen (secondary N) is 1. The summed E-state index contributed by atoms with van der Waals surface area (Å²) in [5.74, 6) is -0.964. The quantitative estimate of drug-likeness (QED) is 0.557. The lowest BCUT2D eigenvalue weighted by molar-refractivity contribution is -0.120. The number of nitrogens with zero attached hydrogens (tertiary/aromatic N) is 1. The van der Waals surface area contributed by atoms with E-state index in [9.17, 15) is 17.6 Å². The smallest absolute Gasteiger partial charge is 0.264 e. The normalized spacial score (nSPS) is 12.2. The molecule has 0 saturated carbocycles. The molecule has 0 saturated heterocycles. The van der Waals surface area contributed by atoms with Crippen molar-refractivity contribution in [1.29, 1.82) is 0 Å². The van der Waals surface area contributed by atoms with E-state index >= 15 is 0 Å². The van der Waals surface area contributed by atoms with Crippen LogP contribution >= 0.6 is 0 Å². The lowest BCUT2D eigenvalue weighted by Gasteiger charge is -2.26. The number of amides is 1. The summed E-state index contributed by atoms with van der Waals surface area (Å²) in [7, 11) is -4.08. The van der Waals surface area contributed by atoms with Crippen LogP contribution in [-0.2, 0) is 14.8 Å². The van der Waals surface area contributed by atoms with Crippen molar-refractivity contribution in [3.8, 4) is 0 Å². The van der Waals surface area contributed by atoms with Crippen molar-refractivity contribution in [1.82, 2.24) is 5.32 Å². The van der Waals surface area contributed by atoms with Gasteiger partial charge in [-0.2, -0.15) is 0 Å². The predicted octanol–water partition coefficient (Wildman–Crippen LogP) is 4.60. The summed E-state index contributed by atoms with van der Waals surface area (Å²) in [5.41, 5.74) is 2.27. The van der Waals surface area contributed by atoms with E-state index in [4.69, 9.17) is 0 Å². The van der Waals surface area contributed by atoms with E-state index < -0.39 is 28.3 Å². The number of hydrogen-bond acceptors (Lipinski definition) is 3. The highest BCUT2D eigenvalue weighted by atomic mass is 32.2. The van der Waals surface area contributed by atoms with E-state index in [0.29, 0.717) is 12.1 Å². The molecular formula is C24H25FN2O3S. The summed E-state index contributed by atoms with van der Waals surface area (Å²) in [6.07, 6.45) is 0.658. The fraction of sp³-hybridized carbons (Fsp3) is 0.208. The zero-order valence-corrected chi connectivity index (χ0v) is 18.3. The van der Waals surface area contributed by atoms with Gasteiger partial charge in [-0.1, -0.05) is 55.0 Å². The van der Waals surface area contributed by atoms with Gasteiger partial charge in [0.15, 0.2) is 0 Å². The molecule has 0 fully saturated rings. The van der Waals surface area contributed by atoms with Gasteiger partial charge in [-0.05, 0) is 55.3 Å². The molecule has 0 heterocycles. The molecule has 0 aromatic heterocycles. The van der Waals surface area contributed by atoms with Crippen molar-refractivity contribution < 1.29 is 17.6 Å². The molecule has 3 rings (SSSR count). The van der Waals surface area contributed by atoms with E-state index in [1.165, 1.54) is 12.1 Å². The zero-order chi connectivity index (χ0) is 22.4. The average molecular weight is 441 g/mol. The van der Waals surface area contributed by atoms with Crippen LogP contribution in [0.5, 0.6) is 0 Å². The molecule has 1 N–H and O–H groups in total. The van der Waals surface area contributed by atoms with Crippen LogP contribution in [0, 0.1) is 12.7 Å². The Hall–Kier alpha value is -3.19. The predicted molar refractivity (Wildman–Crippen MR) is 120 cm³/mol. The summed E-state index contributed by atoms with van der Waals surface area (Å²) in [6.45, 7) is 3.44. The van der Waals surface area contributed by atoms with Crippen molar-refractivity contribution in [3.63, 3.8) is 0 Å². The van der Waals surface area contributed by atoms with Gasteiger partial charge in [0.2, 0.25) is 5.91 Å². The Morgan fingerprint density at radius 1 is 0.968 bits per heavy atom. The number of hydrogen-bond donors (Lipinski definition) is 1. The van der Waals surface area contributed by atoms with Crippen molar-refractivity contribution in [3.05, 3.63) is 95.8 Å². The Morgan fingerprint density at radius 2 is 1.58 bits per heavy atom. The van der Waals surface area contributed by atoms with Crippen molar-refractivity contribution >= 4 is 21.6 Å². The van der Waals surface area contributed by atoms with Gasteiger partial charge in [0.05, 0.1) is 16.6 Å². The SMILES string of the molecule is CCC(NC(=O)CN(c1ccc(C)cc1)S(=O)(=O)c1ccc(F)cc1)c1ccccc1. The molecule has 1 atom stereocenters. The van der Waals surface area contributed by atoms with E-state index in [0.717, 1.165) is 27.6 Å². The molecule has 0 bridgehead atoms. The number of aryl methyl sites for hydroxylation is 1. The molecule has 0 spiro atoms. The van der Waals surface area contributed by atoms with E-state index in [-0.39, 0.29) is 10.9 Å². The first-order chi connectivity index (χ1) is 14.8. The third-order valence-electron chi connectivity index (χ3n) is 4.96. The Kier molecular flexibility index (Phi) is 7.07. The molecule has 3 aromatic carbocycles. The van der Waals surface area contributed by atoms with Crippen LogP contribution in [0.15, 0.2) is 83.8 Å². The zero-order valence-electron chi connectivity index (χ0n) is 17.5. The Bertz CT molecular complexity index is 1120. The van der Waals surface area contributed by atoms with E-state index in [2.05, 4.69) is 5.32 Å². The van der Waals surface area contributed by atoms with Crippen LogP contribution in [0.4, 0.5) is 10.1 Å². The van der Waals surface area contributed by atoms with Gasteiger partial charge in [-0.25, -0.2) is 12.8 Å². The summed E-state index contributed by atoms with van der Waals surface area (Å²) >= 11 is 0. The maximum atomic E-state index is 13.3. The Labute approximate surface area is 182 Å². The van der Waals surface area contributed by atoms with Gasteiger partial charge >= 0.3 is 0 Å². The second-order valence-corrected chi connectivity index (χ2v) is 9.10. The number of carbonyl (C=O) groups is 1. The molecule has 1 unspecified atom stereocenters. The number of halogens is 1. The summed E-state index contributed by atoms with van der Waals surface area (Å²) < 4.78 is 41.0. The van der Waals surface area contributed by atoms with Crippen molar-refractivity contribution in [2.45, 2.75) is 31.2 Å².